The Labute approximate surface area is 91.7 Å². The lowest BCUT2D eigenvalue weighted by atomic mass is 10.3. The number of rotatable bonds is 3. The Kier molecular flexibility index (Phi) is 2.95. The molecule has 1 aromatic heterocycles. The minimum absolute atomic E-state index is 0.143. The number of nitrogens with zero attached hydrogens (tertiary/aromatic N) is 2. The summed E-state index contributed by atoms with van der Waals surface area (Å²) in [5, 5.41) is 6.55. The molecule has 5 heteroatoms. The number of amides is 1. The Morgan fingerprint density at radius 1 is 1.38 bits per heavy atom. The maximum absolute atomic E-state index is 12.6. The molecule has 82 valence electrons. The zero-order valence-corrected chi connectivity index (χ0v) is 8.43. The van der Waals surface area contributed by atoms with Crippen LogP contribution in [0, 0.1) is 5.82 Å². The second-order valence-corrected chi connectivity index (χ2v) is 3.26. The van der Waals surface area contributed by atoms with E-state index < -0.39 is 0 Å². The van der Waals surface area contributed by atoms with Crippen LogP contribution in [0.3, 0.4) is 0 Å². The SMILES string of the molecule is O=C(Cn1cccn1)Nc1ccc(F)cc1. The molecule has 2 aromatic rings. The topological polar surface area (TPSA) is 46.9 Å². The van der Waals surface area contributed by atoms with Crippen molar-refractivity contribution in [2.75, 3.05) is 5.32 Å². The van der Waals surface area contributed by atoms with Crippen molar-refractivity contribution in [3.05, 3.63) is 48.5 Å². The molecule has 0 aliphatic heterocycles. The van der Waals surface area contributed by atoms with Gasteiger partial charge in [0.25, 0.3) is 0 Å². The van der Waals surface area contributed by atoms with Gasteiger partial charge < -0.3 is 5.32 Å². The van der Waals surface area contributed by atoms with Gasteiger partial charge >= 0.3 is 0 Å². The number of benzene rings is 1. The molecule has 0 radical (unpaired) electrons. The summed E-state index contributed by atoms with van der Waals surface area (Å²) in [4.78, 5) is 11.5. The van der Waals surface area contributed by atoms with Crippen LogP contribution in [0.1, 0.15) is 0 Å². The average molecular weight is 219 g/mol. The standard InChI is InChI=1S/C11H10FN3O/c12-9-2-4-10(5-3-9)14-11(16)8-15-7-1-6-13-15/h1-7H,8H2,(H,14,16). The third-order valence-corrected chi connectivity index (χ3v) is 1.99. The van der Waals surface area contributed by atoms with Crippen LogP contribution in [-0.2, 0) is 11.3 Å². The van der Waals surface area contributed by atoms with E-state index >= 15 is 0 Å². The molecule has 0 atom stereocenters. The highest BCUT2D eigenvalue weighted by atomic mass is 19.1. The van der Waals surface area contributed by atoms with Gasteiger partial charge in [0.05, 0.1) is 0 Å². The van der Waals surface area contributed by atoms with E-state index in [1.807, 2.05) is 0 Å². The van der Waals surface area contributed by atoms with Crippen LogP contribution in [0.25, 0.3) is 0 Å². The molecular weight excluding hydrogens is 209 g/mol. The van der Waals surface area contributed by atoms with Crippen molar-refractivity contribution < 1.29 is 9.18 Å². The van der Waals surface area contributed by atoms with E-state index in [0.29, 0.717) is 5.69 Å². The van der Waals surface area contributed by atoms with Gasteiger partial charge in [-0.25, -0.2) is 4.39 Å². The lowest BCUT2D eigenvalue weighted by Crippen LogP contribution is -2.18. The monoisotopic (exact) mass is 219 g/mol. The first kappa shape index (κ1) is 10.4. The summed E-state index contributed by atoms with van der Waals surface area (Å²) < 4.78 is 14.1. The largest absolute Gasteiger partial charge is 0.324 e. The molecule has 1 heterocycles. The molecule has 1 amide bonds. The van der Waals surface area contributed by atoms with Crippen molar-refractivity contribution in [1.29, 1.82) is 0 Å². The van der Waals surface area contributed by atoms with Crippen molar-refractivity contribution in [2.45, 2.75) is 6.54 Å². The molecule has 2 rings (SSSR count). The Balaban J connectivity index is 1.95. The summed E-state index contributed by atoms with van der Waals surface area (Å²) in [6.45, 7) is 0.143. The fourth-order valence-corrected chi connectivity index (χ4v) is 1.27. The number of halogens is 1. The molecule has 1 aromatic carbocycles. The molecule has 0 saturated carbocycles. The van der Waals surface area contributed by atoms with Crippen LogP contribution in [0.15, 0.2) is 42.7 Å². The quantitative estimate of drug-likeness (QED) is 0.853. The van der Waals surface area contributed by atoms with Crippen molar-refractivity contribution >= 4 is 11.6 Å². The van der Waals surface area contributed by atoms with E-state index in [4.69, 9.17) is 0 Å². The van der Waals surface area contributed by atoms with Gasteiger partial charge in [-0.05, 0) is 30.3 Å². The Morgan fingerprint density at radius 2 is 2.12 bits per heavy atom. The maximum atomic E-state index is 12.6. The lowest BCUT2D eigenvalue weighted by molar-refractivity contribution is -0.116. The maximum Gasteiger partial charge on any atom is 0.246 e. The van der Waals surface area contributed by atoms with Gasteiger partial charge in [0.2, 0.25) is 5.91 Å². The second-order valence-electron chi connectivity index (χ2n) is 3.26. The van der Waals surface area contributed by atoms with Crippen molar-refractivity contribution in [3.63, 3.8) is 0 Å². The molecule has 4 nitrogen and oxygen atoms in total. The van der Waals surface area contributed by atoms with Gasteiger partial charge in [-0.2, -0.15) is 5.10 Å². The highest BCUT2D eigenvalue weighted by molar-refractivity contribution is 5.90. The summed E-state index contributed by atoms with van der Waals surface area (Å²) >= 11 is 0. The van der Waals surface area contributed by atoms with E-state index in [1.165, 1.54) is 28.9 Å². The van der Waals surface area contributed by atoms with Crippen molar-refractivity contribution in [3.8, 4) is 0 Å². The minimum atomic E-state index is -0.329. The van der Waals surface area contributed by atoms with Crippen LogP contribution >= 0.6 is 0 Å². The molecule has 0 aliphatic carbocycles. The summed E-state index contributed by atoms with van der Waals surface area (Å²) in [7, 11) is 0. The number of nitrogens with one attached hydrogen (secondary N) is 1. The van der Waals surface area contributed by atoms with Crippen LogP contribution in [0.5, 0.6) is 0 Å². The van der Waals surface area contributed by atoms with Crippen LogP contribution in [0.2, 0.25) is 0 Å². The number of anilines is 1. The van der Waals surface area contributed by atoms with Crippen LogP contribution in [0.4, 0.5) is 10.1 Å². The Morgan fingerprint density at radius 3 is 2.75 bits per heavy atom. The first-order valence-electron chi connectivity index (χ1n) is 4.77. The predicted molar refractivity (Wildman–Crippen MR) is 57.3 cm³/mol. The molecule has 0 fully saturated rings. The predicted octanol–water partition coefficient (Wildman–Crippen LogP) is 1.66. The lowest BCUT2D eigenvalue weighted by Gasteiger charge is -2.04. The normalized spacial score (nSPS) is 10.1. The zero-order valence-electron chi connectivity index (χ0n) is 8.43. The van der Waals surface area contributed by atoms with Crippen LogP contribution < -0.4 is 5.32 Å². The number of hydrogen-bond acceptors (Lipinski definition) is 2. The van der Waals surface area contributed by atoms with Crippen molar-refractivity contribution in [2.24, 2.45) is 0 Å². The molecule has 0 aliphatic rings. The fraction of sp³-hybridized carbons (Fsp3) is 0.0909. The first-order valence-corrected chi connectivity index (χ1v) is 4.77. The van der Waals surface area contributed by atoms with Gasteiger partial charge in [-0.1, -0.05) is 0 Å². The second kappa shape index (κ2) is 4.57. The number of aromatic nitrogens is 2. The van der Waals surface area contributed by atoms with E-state index in [0.717, 1.165) is 0 Å². The fourth-order valence-electron chi connectivity index (χ4n) is 1.27. The van der Waals surface area contributed by atoms with E-state index in [-0.39, 0.29) is 18.3 Å². The summed E-state index contributed by atoms with van der Waals surface area (Å²) in [6, 6.07) is 7.35. The zero-order chi connectivity index (χ0) is 11.4. The molecule has 0 saturated heterocycles. The third-order valence-electron chi connectivity index (χ3n) is 1.99. The van der Waals surface area contributed by atoms with Gasteiger partial charge in [0.15, 0.2) is 0 Å². The molecular formula is C11H10FN3O. The van der Waals surface area contributed by atoms with Gasteiger partial charge in [0.1, 0.15) is 12.4 Å². The number of carbonyl (C=O) groups excluding carboxylic acids is 1. The summed E-state index contributed by atoms with van der Waals surface area (Å²) in [5.74, 6) is -0.527. The van der Waals surface area contributed by atoms with E-state index in [2.05, 4.69) is 10.4 Å². The van der Waals surface area contributed by atoms with Crippen LogP contribution in [-0.4, -0.2) is 15.7 Å². The average Bonchev–Trinajstić information content (AvgIpc) is 2.74. The molecule has 16 heavy (non-hydrogen) atoms. The minimum Gasteiger partial charge on any atom is -0.324 e. The number of carbonyl (C=O) groups is 1. The molecule has 0 unspecified atom stereocenters. The van der Waals surface area contributed by atoms with Gasteiger partial charge in [-0.3, -0.25) is 9.48 Å². The number of hydrogen-bond donors (Lipinski definition) is 1. The van der Waals surface area contributed by atoms with E-state index in [1.54, 1.807) is 18.5 Å². The third kappa shape index (κ3) is 2.66. The summed E-state index contributed by atoms with van der Waals surface area (Å²) in [5.41, 5.74) is 0.568. The molecule has 1 N–H and O–H groups in total. The Bertz CT molecular complexity index is 464. The summed E-state index contributed by atoms with van der Waals surface area (Å²) in [6.07, 6.45) is 3.30. The van der Waals surface area contributed by atoms with E-state index in [9.17, 15) is 9.18 Å². The van der Waals surface area contributed by atoms with Gasteiger partial charge in [0, 0.05) is 18.1 Å². The first-order chi connectivity index (χ1) is 7.74. The molecule has 0 bridgehead atoms. The Hall–Kier alpha value is -2.17. The highest BCUT2D eigenvalue weighted by Gasteiger charge is 2.03. The van der Waals surface area contributed by atoms with Gasteiger partial charge in [-0.15, -0.1) is 0 Å². The van der Waals surface area contributed by atoms with Crippen molar-refractivity contribution in [1.82, 2.24) is 9.78 Å². The highest BCUT2D eigenvalue weighted by Crippen LogP contribution is 2.07. The molecule has 0 spiro atoms. The smallest absolute Gasteiger partial charge is 0.246 e.